The molecule has 2 aromatic carbocycles. The Balaban J connectivity index is 1.46. The van der Waals surface area contributed by atoms with Gasteiger partial charge >= 0.3 is 6.61 Å². The van der Waals surface area contributed by atoms with Crippen LogP contribution in [0.2, 0.25) is 0 Å². The molecule has 12 heteroatoms. The van der Waals surface area contributed by atoms with Crippen molar-refractivity contribution in [3.63, 3.8) is 0 Å². The largest absolute Gasteiger partial charge is 0.435 e. The Morgan fingerprint density at radius 1 is 1.15 bits per heavy atom. The Kier molecular flexibility index (Phi) is 8.87. The van der Waals surface area contributed by atoms with Crippen LogP contribution in [0.25, 0.3) is 11.0 Å². The number of hydrogen-bond acceptors (Lipinski definition) is 8. The van der Waals surface area contributed by atoms with Gasteiger partial charge < -0.3 is 25.6 Å². The standard InChI is InChI=1S/C27H32F2N8O2/c1-17-10-11-19(32-25(38)18-8-7-9-20(14-18)39-26(28)29)15-22(17)33-23-21-16-31-27(34-24(21)37(4)35-23)30-12-5-6-13-36(2)3/h7-11,14-16,26H,5-6,12-13H2,1-4H3,(H,32,38)(H,33,35)(H,30,31,34). The second-order valence-corrected chi connectivity index (χ2v) is 9.36. The molecule has 2 aromatic heterocycles. The van der Waals surface area contributed by atoms with Gasteiger partial charge in [-0.1, -0.05) is 12.1 Å². The predicted octanol–water partition coefficient (Wildman–Crippen LogP) is 5.02. The third kappa shape index (κ3) is 7.38. The summed E-state index contributed by atoms with van der Waals surface area (Å²) in [6.45, 7) is 0.775. The zero-order valence-electron chi connectivity index (χ0n) is 22.3. The quantitative estimate of drug-likeness (QED) is 0.216. The number of hydrogen-bond donors (Lipinski definition) is 3. The molecule has 3 N–H and O–H groups in total. The van der Waals surface area contributed by atoms with Gasteiger partial charge in [0.05, 0.1) is 5.39 Å². The van der Waals surface area contributed by atoms with Crippen molar-refractivity contribution >= 4 is 40.1 Å². The lowest BCUT2D eigenvalue weighted by atomic mass is 10.1. The summed E-state index contributed by atoms with van der Waals surface area (Å²) >= 11 is 0. The number of unbranched alkanes of at least 4 members (excludes halogenated alkanes) is 1. The Labute approximate surface area is 225 Å². The minimum atomic E-state index is -2.97. The fourth-order valence-corrected chi connectivity index (χ4v) is 3.95. The molecule has 0 spiro atoms. The van der Waals surface area contributed by atoms with Gasteiger partial charge in [0.15, 0.2) is 11.5 Å². The molecule has 0 aliphatic heterocycles. The number of alkyl halides is 2. The molecular formula is C27H32F2N8O2. The summed E-state index contributed by atoms with van der Waals surface area (Å²) in [6.07, 6.45) is 3.83. The van der Waals surface area contributed by atoms with Crippen LogP contribution in [0.3, 0.4) is 0 Å². The maximum absolute atomic E-state index is 12.7. The first-order valence-electron chi connectivity index (χ1n) is 12.5. The lowest BCUT2D eigenvalue weighted by Gasteiger charge is -2.12. The van der Waals surface area contributed by atoms with Crippen molar-refractivity contribution in [2.24, 2.45) is 7.05 Å². The van der Waals surface area contributed by atoms with Crippen molar-refractivity contribution in [3.8, 4) is 5.75 Å². The van der Waals surface area contributed by atoms with Crippen molar-refractivity contribution in [2.45, 2.75) is 26.4 Å². The highest BCUT2D eigenvalue weighted by molar-refractivity contribution is 6.04. The van der Waals surface area contributed by atoms with Crippen LogP contribution in [0, 0.1) is 6.92 Å². The van der Waals surface area contributed by atoms with E-state index in [0.29, 0.717) is 23.1 Å². The third-order valence-electron chi connectivity index (χ3n) is 5.97. The van der Waals surface area contributed by atoms with E-state index < -0.39 is 12.5 Å². The fourth-order valence-electron chi connectivity index (χ4n) is 3.95. The summed E-state index contributed by atoms with van der Waals surface area (Å²) in [4.78, 5) is 24.0. The molecule has 0 unspecified atom stereocenters. The first-order valence-corrected chi connectivity index (χ1v) is 12.5. The Morgan fingerprint density at radius 2 is 1.97 bits per heavy atom. The van der Waals surface area contributed by atoms with E-state index >= 15 is 0 Å². The average molecular weight is 539 g/mol. The highest BCUT2D eigenvalue weighted by atomic mass is 19.3. The van der Waals surface area contributed by atoms with E-state index in [9.17, 15) is 13.6 Å². The summed E-state index contributed by atoms with van der Waals surface area (Å²) in [5, 5.41) is 14.7. The molecule has 0 radical (unpaired) electrons. The molecule has 2 heterocycles. The SMILES string of the molecule is Cc1ccc(NC(=O)c2cccc(OC(F)F)c2)cc1Nc1nn(C)c2nc(NCCCCN(C)C)ncc12. The second-order valence-electron chi connectivity index (χ2n) is 9.36. The first-order chi connectivity index (χ1) is 18.7. The van der Waals surface area contributed by atoms with E-state index in [-0.39, 0.29) is 11.3 Å². The van der Waals surface area contributed by atoms with Gasteiger partial charge in [-0.2, -0.15) is 18.9 Å². The molecule has 0 aliphatic rings. The molecule has 0 saturated heterocycles. The van der Waals surface area contributed by atoms with Crippen molar-refractivity contribution in [1.29, 1.82) is 0 Å². The summed E-state index contributed by atoms with van der Waals surface area (Å²) in [5.74, 6) is 0.582. The van der Waals surface area contributed by atoms with E-state index in [0.717, 1.165) is 42.6 Å². The number of anilines is 4. The molecule has 0 aliphatic carbocycles. The highest BCUT2D eigenvalue weighted by Gasteiger charge is 2.15. The van der Waals surface area contributed by atoms with Gasteiger partial charge in [0, 0.05) is 36.7 Å². The van der Waals surface area contributed by atoms with Crippen LogP contribution in [0.1, 0.15) is 28.8 Å². The zero-order chi connectivity index (χ0) is 27.9. The van der Waals surface area contributed by atoms with Gasteiger partial charge in [0.2, 0.25) is 5.95 Å². The maximum atomic E-state index is 12.7. The second kappa shape index (κ2) is 12.5. The number of amides is 1. The summed E-state index contributed by atoms with van der Waals surface area (Å²) < 4.78 is 31.1. The molecule has 1 amide bonds. The number of ether oxygens (including phenoxy) is 1. The highest BCUT2D eigenvalue weighted by Crippen LogP contribution is 2.28. The lowest BCUT2D eigenvalue weighted by molar-refractivity contribution is -0.0498. The van der Waals surface area contributed by atoms with E-state index in [1.807, 2.05) is 20.0 Å². The van der Waals surface area contributed by atoms with Crippen LogP contribution in [-0.2, 0) is 7.05 Å². The molecule has 0 bridgehead atoms. The van der Waals surface area contributed by atoms with E-state index in [2.05, 4.69) is 54.7 Å². The summed E-state index contributed by atoms with van der Waals surface area (Å²) in [6, 6.07) is 11.0. The molecular weight excluding hydrogens is 506 g/mol. The molecule has 0 fully saturated rings. The normalized spacial score (nSPS) is 11.3. The van der Waals surface area contributed by atoms with Gasteiger partial charge in [0.25, 0.3) is 5.91 Å². The minimum Gasteiger partial charge on any atom is -0.435 e. The van der Waals surface area contributed by atoms with Crippen LogP contribution >= 0.6 is 0 Å². The molecule has 10 nitrogen and oxygen atoms in total. The Morgan fingerprint density at radius 3 is 2.74 bits per heavy atom. The number of aryl methyl sites for hydroxylation is 2. The van der Waals surface area contributed by atoms with E-state index in [4.69, 9.17) is 0 Å². The maximum Gasteiger partial charge on any atom is 0.387 e. The lowest BCUT2D eigenvalue weighted by Crippen LogP contribution is -2.14. The van der Waals surface area contributed by atoms with E-state index in [1.54, 1.807) is 23.0 Å². The number of aromatic nitrogens is 4. The van der Waals surface area contributed by atoms with Crippen LogP contribution in [-0.4, -0.2) is 64.4 Å². The van der Waals surface area contributed by atoms with Gasteiger partial charge in [0.1, 0.15) is 5.75 Å². The van der Waals surface area contributed by atoms with Crippen molar-refractivity contribution in [3.05, 3.63) is 59.8 Å². The zero-order valence-corrected chi connectivity index (χ0v) is 22.3. The number of nitrogens with zero attached hydrogens (tertiary/aromatic N) is 5. The topological polar surface area (TPSA) is 109 Å². The minimum absolute atomic E-state index is 0.0872. The number of carbonyl (C=O) groups excluding carboxylic acids is 1. The third-order valence-corrected chi connectivity index (χ3v) is 5.97. The summed E-state index contributed by atoms with van der Waals surface area (Å²) in [5.41, 5.74) is 3.04. The molecule has 0 atom stereocenters. The molecule has 39 heavy (non-hydrogen) atoms. The number of carbonyl (C=O) groups is 1. The first kappa shape index (κ1) is 27.7. The van der Waals surface area contributed by atoms with Crippen LogP contribution in [0.4, 0.5) is 31.9 Å². The molecule has 4 aromatic rings. The number of rotatable bonds is 12. The van der Waals surface area contributed by atoms with Gasteiger partial charge in [-0.05, 0) is 76.3 Å². The van der Waals surface area contributed by atoms with Crippen molar-refractivity contribution in [1.82, 2.24) is 24.6 Å². The molecule has 206 valence electrons. The number of fused-ring (bicyclic) bond motifs is 1. The smallest absolute Gasteiger partial charge is 0.387 e. The van der Waals surface area contributed by atoms with Crippen molar-refractivity contribution < 1.29 is 18.3 Å². The Hall–Kier alpha value is -4.32. The van der Waals surface area contributed by atoms with Gasteiger partial charge in [-0.15, -0.1) is 0 Å². The molecule has 0 saturated carbocycles. The predicted molar refractivity (Wildman–Crippen MR) is 148 cm³/mol. The van der Waals surface area contributed by atoms with Gasteiger partial charge in [-0.25, -0.2) is 9.67 Å². The monoisotopic (exact) mass is 538 g/mol. The molecule has 4 rings (SSSR count). The van der Waals surface area contributed by atoms with Crippen molar-refractivity contribution in [2.75, 3.05) is 43.1 Å². The van der Waals surface area contributed by atoms with Crippen LogP contribution in [0.15, 0.2) is 48.7 Å². The summed E-state index contributed by atoms with van der Waals surface area (Å²) in [7, 11) is 5.93. The Bertz CT molecular complexity index is 1440. The fraction of sp³-hybridized carbons (Fsp3) is 0.333. The number of nitrogens with one attached hydrogen (secondary N) is 3. The van der Waals surface area contributed by atoms with Gasteiger partial charge in [-0.3, -0.25) is 4.79 Å². The number of benzene rings is 2. The van der Waals surface area contributed by atoms with E-state index in [1.165, 1.54) is 24.3 Å². The van der Waals surface area contributed by atoms with Crippen LogP contribution in [0.5, 0.6) is 5.75 Å². The average Bonchev–Trinajstić information content (AvgIpc) is 3.19. The number of halogens is 2. The van der Waals surface area contributed by atoms with Crippen LogP contribution < -0.4 is 20.7 Å².